The van der Waals surface area contributed by atoms with Crippen LogP contribution in [0.1, 0.15) is 84.5 Å². The monoisotopic (exact) mass is 460 g/mol. The maximum atomic E-state index is 12.4. The number of carboxylic acids is 1. The second-order valence-electron chi connectivity index (χ2n) is 8.95. The van der Waals surface area contributed by atoms with Crippen molar-refractivity contribution in [1.29, 1.82) is 0 Å². The smallest absolute Gasteiger partial charge is 0.550 e. The summed E-state index contributed by atoms with van der Waals surface area (Å²) in [7, 11) is 0. The molecule has 0 aromatic carbocycles. The first-order chi connectivity index (χ1) is 14.8. The molecule has 0 aromatic rings. The van der Waals surface area contributed by atoms with Crippen LogP contribution in [0.4, 0.5) is 0 Å². The molecule has 2 aliphatic rings. The van der Waals surface area contributed by atoms with Crippen LogP contribution < -0.4 is 34.7 Å². The van der Waals surface area contributed by atoms with Gasteiger partial charge in [-0.2, -0.15) is 0 Å². The Labute approximate surface area is 213 Å². The van der Waals surface area contributed by atoms with Crippen LogP contribution in [0.15, 0.2) is 23.2 Å². The molecule has 0 bridgehead atoms. The minimum atomic E-state index is -1.12. The first kappa shape index (κ1) is 29.0. The number of hydrogen-bond acceptors (Lipinski definition) is 7. The second-order valence-corrected chi connectivity index (χ2v) is 8.95. The van der Waals surface area contributed by atoms with Gasteiger partial charge in [0.15, 0.2) is 0 Å². The summed E-state index contributed by atoms with van der Waals surface area (Å²) in [6.45, 7) is 3.99. The number of carbonyl (C=O) groups is 2. The molecule has 0 saturated carbocycles. The number of aliphatic hydroxyl groups is 3. The zero-order valence-corrected chi connectivity index (χ0v) is 21.7. The quantitative estimate of drug-likeness (QED) is 0.220. The third-order valence-electron chi connectivity index (χ3n) is 6.64. The number of unbranched alkanes of at least 4 members (excludes halogenated alkanes) is 5. The van der Waals surface area contributed by atoms with Crippen LogP contribution in [-0.4, -0.2) is 39.5 Å². The van der Waals surface area contributed by atoms with Gasteiger partial charge in [-0.3, -0.25) is 4.79 Å². The maximum Gasteiger partial charge on any atom is 1.00 e. The summed E-state index contributed by atoms with van der Waals surface area (Å²) in [5.74, 6) is -1.83. The number of aliphatic hydroxyl groups excluding tert-OH is 3. The molecule has 0 amide bonds. The van der Waals surface area contributed by atoms with Crippen LogP contribution in [0.25, 0.3) is 0 Å². The fourth-order valence-corrected chi connectivity index (χ4v) is 4.84. The summed E-state index contributed by atoms with van der Waals surface area (Å²) < 4.78 is 5.78. The van der Waals surface area contributed by atoms with Crippen molar-refractivity contribution in [3.63, 3.8) is 0 Å². The molecule has 0 saturated heterocycles. The molecule has 0 spiro atoms. The predicted molar refractivity (Wildman–Crippen MR) is 114 cm³/mol. The van der Waals surface area contributed by atoms with Gasteiger partial charge in [0.05, 0.1) is 5.76 Å². The van der Waals surface area contributed by atoms with Gasteiger partial charge >= 0.3 is 35.5 Å². The van der Waals surface area contributed by atoms with Gasteiger partial charge in [-0.15, -0.1) is 0 Å². The van der Waals surface area contributed by atoms with E-state index in [2.05, 4.69) is 6.92 Å². The Morgan fingerprint density at radius 3 is 2.41 bits per heavy atom. The van der Waals surface area contributed by atoms with E-state index < -0.39 is 18.2 Å². The molecule has 3 N–H and O–H groups in total. The van der Waals surface area contributed by atoms with Gasteiger partial charge in [-0.05, 0) is 37.7 Å². The first-order valence-electron chi connectivity index (χ1n) is 11.7. The molecule has 0 aliphatic heterocycles. The molecular formula is C24H37NaO7. The summed E-state index contributed by atoms with van der Waals surface area (Å²) >= 11 is 0. The zero-order valence-electron chi connectivity index (χ0n) is 19.7. The van der Waals surface area contributed by atoms with Crippen molar-refractivity contribution >= 4 is 11.9 Å². The van der Waals surface area contributed by atoms with E-state index in [1.165, 1.54) is 6.08 Å². The van der Waals surface area contributed by atoms with Crippen LogP contribution in [0.2, 0.25) is 0 Å². The normalized spacial score (nSPS) is 27.2. The number of fused-ring (bicyclic) bond motifs is 1. The topological polar surface area (TPSA) is 127 Å². The van der Waals surface area contributed by atoms with E-state index in [0.29, 0.717) is 18.4 Å². The third-order valence-corrected chi connectivity index (χ3v) is 6.64. The van der Waals surface area contributed by atoms with E-state index in [0.717, 1.165) is 44.9 Å². The maximum absolute atomic E-state index is 12.4. The Hall–Kier alpha value is -1.02. The van der Waals surface area contributed by atoms with E-state index in [1.54, 1.807) is 0 Å². The minimum Gasteiger partial charge on any atom is -0.550 e. The number of rotatable bonds is 12. The standard InChI is InChI=1S/C24H38O7.Na/c1-3-4-7-12-22(29)31-20-14-19(26)24(30)17-13-18(25)15(2)16(23(17)20)10-8-5-6-9-11-21(27)28;/h13,15-16,19-20,23,25-26,30H,3-12,14H2,1-2H3,(H,27,28);/q;+1/p-1/t15-,16+,19-,20-,23+;/m0./s1. The number of ether oxygens (including phenoxy) is 1. The summed E-state index contributed by atoms with van der Waals surface area (Å²) in [5, 5.41) is 41.8. The molecule has 5 atom stereocenters. The molecular weight excluding hydrogens is 423 g/mol. The number of hydrogen-bond donors (Lipinski definition) is 3. The van der Waals surface area contributed by atoms with Crippen molar-refractivity contribution in [2.75, 3.05) is 0 Å². The van der Waals surface area contributed by atoms with E-state index in [1.807, 2.05) is 6.92 Å². The van der Waals surface area contributed by atoms with Crippen LogP contribution in [0, 0.1) is 17.8 Å². The number of carboxylic acid groups (broad SMARTS) is 1. The molecule has 0 aromatic heterocycles. The fraction of sp³-hybridized carbons (Fsp3) is 0.750. The van der Waals surface area contributed by atoms with Gasteiger partial charge in [-0.1, -0.05) is 46.0 Å². The van der Waals surface area contributed by atoms with Crippen molar-refractivity contribution in [2.45, 2.75) is 96.7 Å². The molecule has 0 unspecified atom stereocenters. The van der Waals surface area contributed by atoms with E-state index in [-0.39, 0.29) is 77.6 Å². The van der Waals surface area contributed by atoms with Crippen molar-refractivity contribution in [1.82, 2.24) is 0 Å². The third kappa shape index (κ3) is 8.08. The van der Waals surface area contributed by atoms with Gasteiger partial charge in [0, 0.05) is 36.2 Å². The van der Waals surface area contributed by atoms with Crippen LogP contribution in [0.3, 0.4) is 0 Å². The number of aliphatic carboxylic acids is 1. The Morgan fingerprint density at radius 2 is 1.75 bits per heavy atom. The molecule has 8 heteroatoms. The van der Waals surface area contributed by atoms with Crippen molar-refractivity contribution in [3.8, 4) is 0 Å². The molecule has 2 aliphatic carbocycles. The largest absolute Gasteiger partial charge is 1.00 e. The predicted octanol–water partition coefficient (Wildman–Crippen LogP) is 0.474. The van der Waals surface area contributed by atoms with Gasteiger partial charge in [0.25, 0.3) is 0 Å². The Balaban J connectivity index is 0.00000512. The minimum absolute atomic E-state index is 0. The molecule has 32 heavy (non-hydrogen) atoms. The van der Waals surface area contributed by atoms with E-state index in [4.69, 9.17) is 4.74 Å². The van der Waals surface area contributed by atoms with Crippen LogP contribution in [0.5, 0.6) is 0 Å². The fourth-order valence-electron chi connectivity index (χ4n) is 4.84. The Bertz CT molecular complexity index is 688. The molecule has 2 rings (SSSR count). The average molecular weight is 461 g/mol. The number of esters is 1. The average Bonchev–Trinajstić information content (AvgIpc) is 2.71. The summed E-state index contributed by atoms with van der Waals surface area (Å²) in [6.07, 6.45) is 6.87. The van der Waals surface area contributed by atoms with Crippen LogP contribution in [-0.2, 0) is 14.3 Å². The zero-order chi connectivity index (χ0) is 23.0. The van der Waals surface area contributed by atoms with Crippen molar-refractivity contribution in [2.24, 2.45) is 17.8 Å². The number of carbonyl (C=O) groups excluding carboxylic acids is 2. The van der Waals surface area contributed by atoms with Crippen LogP contribution >= 0.6 is 0 Å². The Kier molecular flexibility index (Phi) is 13.0. The van der Waals surface area contributed by atoms with Gasteiger partial charge in [0.1, 0.15) is 18.0 Å². The molecule has 176 valence electrons. The van der Waals surface area contributed by atoms with Crippen molar-refractivity contribution in [3.05, 3.63) is 23.2 Å². The van der Waals surface area contributed by atoms with E-state index in [9.17, 15) is 30.0 Å². The number of allylic oxidation sites excluding steroid dienone is 2. The van der Waals surface area contributed by atoms with Crippen molar-refractivity contribution < 1.29 is 64.3 Å². The van der Waals surface area contributed by atoms with Gasteiger partial charge < -0.3 is 30.0 Å². The summed E-state index contributed by atoms with van der Waals surface area (Å²) in [5.41, 5.74) is 0.461. The first-order valence-corrected chi connectivity index (χ1v) is 11.7. The van der Waals surface area contributed by atoms with Gasteiger partial charge in [-0.25, -0.2) is 0 Å². The SMILES string of the molecule is CCCCCC(=O)O[C@H]1C[C@H](O)C(O)=C2C=C(O)[C@@H](C)[C@@H](CCCCCCC(=O)[O-])[C@H]21.[Na+]. The summed E-state index contributed by atoms with van der Waals surface area (Å²) in [4.78, 5) is 22.9. The molecule has 0 heterocycles. The molecule has 0 fully saturated rings. The van der Waals surface area contributed by atoms with Gasteiger partial charge in [0.2, 0.25) is 0 Å². The second kappa shape index (κ2) is 14.3. The van der Waals surface area contributed by atoms with E-state index >= 15 is 0 Å². The molecule has 0 radical (unpaired) electrons. The Morgan fingerprint density at radius 1 is 1.09 bits per heavy atom. The summed E-state index contributed by atoms with van der Waals surface area (Å²) in [6, 6.07) is 0. The molecule has 7 nitrogen and oxygen atoms in total.